The number of nitrogens with one attached hydrogen (secondary N) is 1. The highest BCUT2D eigenvalue weighted by Crippen LogP contribution is 2.32. The summed E-state index contributed by atoms with van der Waals surface area (Å²) in [7, 11) is 0. The van der Waals surface area contributed by atoms with Gasteiger partial charge in [0.15, 0.2) is 11.5 Å². The standard InChI is InChI=1S/C18H22N2O3/c1-11(2)20-12(3)7-15(13(20)4)18(21)19-9-14-5-6-16-17(8-14)23-10-22-16/h5-8,11H,9-10H2,1-4H3,(H,19,21). The van der Waals surface area contributed by atoms with Crippen molar-refractivity contribution in [2.45, 2.75) is 40.3 Å². The maximum Gasteiger partial charge on any atom is 0.253 e. The summed E-state index contributed by atoms with van der Waals surface area (Å²) in [6.45, 7) is 8.97. The molecule has 1 N–H and O–H groups in total. The molecule has 5 heteroatoms. The highest BCUT2D eigenvalue weighted by atomic mass is 16.7. The van der Waals surface area contributed by atoms with Gasteiger partial charge in [-0.25, -0.2) is 0 Å². The van der Waals surface area contributed by atoms with Crippen LogP contribution in [0.1, 0.15) is 47.2 Å². The summed E-state index contributed by atoms with van der Waals surface area (Å²) in [5, 5.41) is 2.98. The van der Waals surface area contributed by atoms with Crippen LogP contribution in [0.15, 0.2) is 24.3 Å². The number of amides is 1. The zero-order valence-corrected chi connectivity index (χ0v) is 14.0. The summed E-state index contributed by atoms with van der Waals surface area (Å²) in [5.74, 6) is 1.43. The van der Waals surface area contributed by atoms with Crippen LogP contribution in [0, 0.1) is 13.8 Å². The van der Waals surface area contributed by atoms with Crippen LogP contribution < -0.4 is 14.8 Å². The van der Waals surface area contributed by atoms with Gasteiger partial charge in [-0.2, -0.15) is 0 Å². The van der Waals surface area contributed by atoms with E-state index in [1.807, 2.05) is 38.1 Å². The topological polar surface area (TPSA) is 52.5 Å². The highest BCUT2D eigenvalue weighted by Gasteiger charge is 2.17. The highest BCUT2D eigenvalue weighted by molar-refractivity contribution is 5.95. The fraction of sp³-hybridized carbons (Fsp3) is 0.389. The Labute approximate surface area is 136 Å². The van der Waals surface area contributed by atoms with E-state index in [2.05, 4.69) is 23.7 Å². The largest absolute Gasteiger partial charge is 0.454 e. The minimum absolute atomic E-state index is 0.0531. The second-order valence-corrected chi connectivity index (χ2v) is 6.12. The molecule has 3 rings (SSSR count). The van der Waals surface area contributed by atoms with E-state index < -0.39 is 0 Å². The van der Waals surface area contributed by atoms with Crippen LogP contribution in [-0.2, 0) is 6.54 Å². The van der Waals surface area contributed by atoms with Gasteiger partial charge in [-0.15, -0.1) is 0 Å². The zero-order valence-electron chi connectivity index (χ0n) is 14.0. The van der Waals surface area contributed by atoms with Gasteiger partial charge in [-0.05, 0) is 51.5 Å². The number of fused-ring (bicyclic) bond motifs is 1. The van der Waals surface area contributed by atoms with E-state index in [1.165, 1.54) is 0 Å². The van der Waals surface area contributed by atoms with Crippen LogP contribution in [0.25, 0.3) is 0 Å². The first kappa shape index (κ1) is 15.5. The molecule has 2 heterocycles. The molecule has 1 aromatic heterocycles. The number of carbonyl (C=O) groups is 1. The molecule has 0 atom stereocenters. The molecular formula is C18H22N2O3. The second kappa shape index (κ2) is 5.99. The van der Waals surface area contributed by atoms with E-state index in [0.29, 0.717) is 12.6 Å². The van der Waals surface area contributed by atoms with Crippen molar-refractivity contribution in [1.29, 1.82) is 0 Å². The molecule has 1 aromatic carbocycles. The van der Waals surface area contributed by atoms with Crippen LogP contribution in [0.4, 0.5) is 0 Å². The van der Waals surface area contributed by atoms with Gasteiger partial charge < -0.3 is 19.4 Å². The summed E-state index contributed by atoms with van der Waals surface area (Å²) in [5.41, 5.74) is 3.82. The SMILES string of the molecule is Cc1cc(C(=O)NCc2ccc3c(c2)OCO3)c(C)n1C(C)C. The summed E-state index contributed by atoms with van der Waals surface area (Å²) in [4.78, 5) is 12.5. The Balaban J connectivity index is 1.71. The van der Waals surface area contributed by atoms with Crippen molar-refractivity contribution in [3.8, 4) is 11.5 Å². The van der Waals surface area contributed by atoms with Gasteiger partial charge in [0.05, 0.1) is 5.56 Å². The Morgan fingerprint density at radius 2 is 1.96 bits per heavy atom. The van der Waals surface area contributed by atoms with Crippen LogP contribution in [0.2, 0.25) is 0 Å². The van der Waals surface area contributed by atoms with Gasteiger partial charge in [0.2, 0.25) is 6.79 Å². The quantitative estimate of drug-likeness (QED) is 0.941. The van der Waals surface area contributed by atoms with Gasteiger partial charge in [-0.1, -0.05) is 6.07 Å². The lowest BCUT2D eigenvalue weighted by atomic mass is 10.2. The van der Waals surface area contributed by atoms with Crippen LogP contribution in [-0.4, -0.2) is 17.3 Å². The first-order valence-electron chi connectivity index (χ1n) is 7.82. The Morgan fingerprint density at radius 3 is 2.65 bits per heavy atom. The average molecular weight is 314 g/mol. The second-order valence-electron chi connectivity index (χ2n) is 6.12. The lowest BCUT2D eigenvalue weighted by molar-refractivity contribution is 0.0950. The van der Waals surface area contributed by atoms with Crippen LogP contribution in [0.3, 0.4) is 0 Å². The molecule has 1 aliphatic rings. The number of carbonyl (C=O) groups excluding carboxylic acids is 1. The van der Waals surface area contributed by atoms with E-state index in [0.717, 1.165) is 34.0 Å². The summed E-state index contributed by atoms with van der Waals surface area (Å²) >= 11 is 0. The molecule has 0 saturated carbocycles. The number of nitrogens with zero attached hydrogens (tertiary/aromatic N) is 1. The molecule has 0 radical (unpaired) electrons. The molecule has 1 aliphatic heterocycles. The van der Waals surface area contributed by atoms with Crippen molar-refractivity contribution in [3.63, 3.8) is 0 Å². The van der Waals surface area contributed by atoms with E-state index in [1.54, 1.807) is 0 Å². The van der Waals surface area contributed by atoms with E-state index >= 15 is 0 Å². The maximum atomic E-state index is 12.5. The number of aromatic nitrogens is 1. The molecule has 1 amide bonds. The zero-order chi connectivity index (χ0) is 16.6. The number of benzene rings is 1. The maximum absolute atomic E-state index is 12.5. The molecule has 0 spiro atoms. The summed E-state index contributed by atoms with van der Waals surface area (Å²) < 4.78 is 12.8. The van der Waals surface area contributed by atoms with Crippen molar-refractivity contribution in [2.24, 2.45) is 0 Å². The molecule has 23 heavy (non-hydrogen) atoms. The van der Waals surface area contributed by atoms with Gasteiger partial charge in [0.1, 0.15) is 0 Å². The van der Waals surface area contributed by atoms with Gasteiger partial charge in [-0.3, -0.25) is 4.79 Å². The fourth-order valence-electron chi connectivity index (χ4n) is 3.13. The molecule has 0 unspecified atom stereocenters. The Bertz CT molecular complexity index is 747. The van der Waals surface area contributed by atoms with Crippen LogP contribution >= 0.6 is 0 Å². The predicted molar refractivity (Wildman–Crippen MR) is 88.0 cm³/mol. The molecule has 0 fully saturated rings. The summed E-state index contributed by atoms with van der Waals surface area (Å²) in [6, 6.07) is 8.00. The first-order chi connectivity index (χ1) is 11.0. The van der Waals surface area contributed by atoms with Gasteiger partial charge >= 0.3 is 0 Å². The van der Waals surface area contributed by atoms with Gasteiger partial charge in [0, 0.05) is 24.0 Å². The van der Waals surface area contributed by atoms with Crippen LogP contribution in [0.5, 0.6) is 11.5 Å². The van der Waals surface area contributed by atoms with Crippen molar-refractivity contribution in [2.75, 3.05) is 6.79 Å². The third-order valence-corrected chi connectivity index (χ3v) is 4.14. The lowest BCUT2D eigenvalue weighted by Gasteiger charge is -2.13. The number of hydrogen-bond donors (Lipinski definition) is 1. The van der Waals surface area contributed by atoms with E-state index in [9.17, 15) is 4.79 Å². The van der Waals surface area contributed by atoms with Crippen molar-refractivity contribution in [3.05, 3.63) is 46.8 Å². The number of hydrogen-bond acceptors (Lipinski definition) is 3. The molecule has 0 aliphatic carbocycles. The predicted octanol–water partition coefficient (Wildman–Crippen LogP) is 3.34. The number of ether oxygens (including phenoxy) is 2. The average Bonchev–Trinajstić information content (AvgIpc) is 3.08. The van der Waals surface area contributed by atoms with E-state index in [4.69, 9.17) is 9.47 Å². The third kappa shape index (κ3) is 2.91. The monoisotopic (exact) mass is 314 g/mol. The van der Waals surface area contributed by atoms with Crippen molar-refractivity contribution < 1.29 is 14.3 Å². The van der Waals surface area contributed by atoms with E-state index in [-0.39, 0.29) is 12.7 Å². The smallest absolute Gasteiger partial charge is 0.253 e. The molecule has 0 saturated heterocycles. The minimum atomic E-state index is -0.0531. The first-order valence-corrected chi connectivity index (χ1v) is 7.82. The fourth-order valence-corrected chi connectivity index (χ4v) is 3.13. The molecular weight excluding hydrogens is 292 g/mol. The molecule has 122 valence electrons. The Morgan fingerprint density at radius 1 is 1.22 bits per heavy atom. The third-order valence-electron chi connectivity index (χ3n) is 4.14. The molecule has 0 bridgehead atoms. The minimum Gasteiger partial charge on any atom is -0.454 e. The number of rotatable bonds is 4. The molecule has 5 nitrogen and oxygen atoms in total. The Hall–Kier alpha value is -2.43. The molecule has 2 aromatic rings. The van der Waals surface area contributed by atoms with Crippen molar-refractivity contribution in [1.82, 2.24) is 9.88 Å². The summed E-state index contributed by atoms with van der Waals surface area (Å²) in [6.07, 6.45) is 0. The lowest BCUT2D eigenvalue weighted by Crippen LogP contribution is -2.23. The normalized spacial score (nSPS) is 12.7. The van der Waals surface area contributed by atoms with Crippen molar-refractivity contribution >= 4 is 5.91 Å². The Kier molecular flexibility index (Phi) is 4.03. The number of aryl methyl sites for hydroxylation is 1. The van der Waals surface area contributed by atoms with Gasteiger partial charge in [0.25, 0.3) is 5.91 Å².